The van der Waals surface area contributed by atoms with Crippen LogP contribution in [0, 0.1) is 0 Å². The van der Waals surface area contributed by atoms with Gasteiger partial charge in [-0.05, 0) is 42.0 Å². The van der Waals surface area contributed by atoms with Crippen LogP contribution in [0.15, 0.2) is 24.3 Å². The Balaban J connectivity index is 1.63. The quantitative estimate of drug-likeness (QED) is 0.645. The van der Waals surface area contributed by atoms with Crippen molar-refractivity contribution in [3.63, 3.8) is 0 Å². The van der Waals surface area contributed by atoms with Gasteiger partial charge in [0.2, 0.25) is 5.13 Å². The summed E-state index contributed by atoms with van der Waals surface area (Å²) in [5.41, 5.74) is 0.477. The Morgan fingerprint density at radius 1 is 1.27 bits per heavy atom. The molecule has 136 valence electrons. The molecule has 10 heteroatoms. The summed E-state index contributed by atoms with van der Waals surface area (Å²) in [6, 6.07) is 6.92. The van der Waals surface area contributed by atoms with Crippen LogP contribution in [0.3, 0.4) is 0 Å². The van der Waals surface area contributed by atoms with Gasteiger partial charge in [0.05, 0.1) is 0 Å². The fourth-order valence-corrected chi connectivity index (χ4v) is 3.07. The summed E-state index contributed by atoms with van der Waals surface area (Å²) in [7, 11) is 0. The number of tetrazole rings is 1. The minimum atomic E-state index is -0.256. The average molecular weight is 373 g/mol. The minimum Gasteiger partial charge on any atom is -0.486 e. The van der Waals surface area contributed by atoms with E-state index in [9.17, 15) is 4.79 Å². The molecule has 1 amide bonds. The molecule has 1 aromatic carbocycles. The van der Waals surface area contributed by atoms with Crippen LogP contribution in [0.1, 0.15) is 41.5 Å². The Morgan fingerprint density at radius 3 is 2.96 bits per heavy atom. The number of aromatic nitrogens is 6. The molecule has 0 fully saturated rings. The Labute approximate surface area is 154 Å². The van der Waals surface area contributed by atoms with Crippen molar-refractivity contribution in [2.75, 3.05) is 5.32 Å². The van der Waals surface area contributed by atoms with Gasteiger partial charge in [-0.25, -0.2) is 4.68 Å². The highest BCUT2D eigenvalue weighted by Gasteiger charge is 2.12. The zero-order valence-electron chi connectivity index (χ0n) is 14.5. The third kappa shape index (κ3) is 4.39. The van der Waals surface area contributed by atoms with Crippen LogP contribution in [0.25, 0.3) is 0 Å². The Bertz CT molecular complexity index is 877. The second kappa shape index (κ2) is 8.48. The molecule has 0 saturated carbocycles. The van der Waals surface area contributed by atoms with Crippen molar-refractivity contribution in [3.8, 4) is 5.75 Å². The topological polar surface area (TPSA) is 108 Å². The molecule has 1 N–H and O–H groups in total. The Morgan fingerprint density at radius 2 is 2.15 bits per heavy atom. The van der Waals surface area contributed by atoms with Gasteiger partial charge in [0.1, 0.15) is 17.4 Å². The number of ether oxygens (including phenoxy) is 1. The molecule has 0 radical (unpaired) electrons. The Hall–Kier alpha value is -2.88. The summed E-state index contributed by atoms with van der Waals surface area (Å²) in [6.07, 6.45) is 1.84. The van der Waals surface area contributed by atoms with Gasteiger partial charge in [-0.15, -0.1) is 15.3 Å². The number of rotatable bonds is 8. The van der Waals surface area contributed by atoms with Crippen molar-refractivity contribution in [3.05, 3.63) is 40.7 Å². The van der Waals surface area contributed by atoms with E-state index in [1.54, 1.807) is 28.9 Å². The van der Waals surface area contributed by atoms with Gasteiger partial charge in [-0.3, -0.25) is 10.1 Å². The highest BCUT2D eigenvalue weighted by Crippen LogP contribution is 2.19. The predicted molar refractivity (Wildman–Crippen MR) is 96.1 cm³/mol. The number of nitrogens with one attached hydrogen (secondary N) is 1. The van der Waals surface area contributed by atoms with Crippen LogP contribution in [-0.4, -0.2) is 36.3 Å². The lowest BCUT2D eigenvalue weighted by Crippen LogP contribution is -2.12. The maximum Gasteiger partial charge on any atom is 0.257 e. The van der Waals surface area contributed by atoms with Gasteiger partial charge < -0.3 is 4.74 Å². The summed E-state index contributed by atoms with van der Waals surface area (Å²) in [6.45, 7) is 4.91. The minimum absolute atomic E-state index is 0.225. The van der Waals surface area contributed by atoms with E-state index in [0.29, 0.717) is 28.8 Å². The molecule has 2 aromatic heterocycles. The molecule has 3 rings (SSSR count). The first-order valence-electron chi connectivity index (χ1n) is 8.31. The number of nitrogens with zero attached hydrogens (tertiary/aromatic N) is 6. The predicted octanol–water partition coefficient (Wildman–Crippen LogP) is 2.33. The third-order valence-electron chi connectivity index (χ3n) is 3.52. The van der Waals surface area contributed by atoms with E-state index in [1.807, 2.05) is 6.92 Å². The SMILES string of the molecule is CCCc1nnc(NC(=O)c2cccc(OCc3nnnn3CC)c2)s1. The highest BCUT2D eigenvalue weighted by molar-refractivity contribution is 7.15. The van der Waals surface area contributed by atoms with E-state index in [2.05, 4.69) is 38.0 Å². The molecular weight excluding hydrogens is 354 g/mol. The highest BCUT2D eigenvalue weighted by atomic mass is 32.1. The van der Waals surface area contributed by atoms with Crippen molar-refractivity contribution in [1.29, 1.82) is 0 Å². The zero-order valence-corrected chi connectivity index (χ0v) is 15.4. The first-order chi connectivity index (χ1) is 12.7. The second-order valence-electron chi connectivity index (χ2n) is 5.43. The van der Waals surface area contributed by atoms with E-state index in [1.165, 1.54) is 11.3 Å². The van der Waals surface area contributed by atoms with E-state index in [4.69, 9.17) is 4.74 Å². The first kappa shape index (κ1) is 17.9. The fraction of sp³-hybridized carbons (Fsp3) is 0.375. The molecule has 0 aliphatic carbocycles. The molecule has 9 nitrogen and oxygen atoms in total. The van der Waals surface area contributed by atoms with Crippen LogP contribution in [0.2, 0.25) is 0 Å². The summed E-state index contributed by atoms with van der Waals surface area (Å²) < 4.78 is 7.35. The van der Waals surface area contributed by atoms with Crippen LogP contribution < -0.4 is 10.1 Å². The van der Waals surface area contributed by atoms with Crippen LogP contribution in [0.4, 0.5) is 5.13 Å². The summed E-state index contributed by atoms with van der Waals surface area (Å²) >= 11 is 1.39. The van der Waals surface area contributed by atoms with E-state index >= 15 is 0 Å². The average Bonchev–Trinajstić information content (AvgIpc) is 3.29. The zero-order chi connectivity index (χ0) is 18.4. The molecule has 2 heterocycles. The van der Waals surface area contributed by atoms with Crippen LogP contribution in [0.5, 0.6) is 5.75 Å². The van der Waals surface area contributed by atoms with E-state index in [-0.39, 0.29) is 12.5 Å². The van der Waals surface area contributed by atoms with Gasteiger partial charge in [-0.1, -0.05) is 24.3 Å². The lowest BCUT2D eigenvalue weighted by molar-refractivity contribution is 0.102. The number of hydrogen-bond donors (Lipinski definition) is 1. The maximum absolute atomic E-state index is 12.4. The molecule has 26 heavy (non-hydrogen) atoms. The lowest BCUT2D eigenvalue weighted by Gasteiger charge is -2.07. The summed E-state index contributed by atoms with van der Waals surface area (Å²) in [4.78, 5) is 12.4. The van der Waals surface area contributed by atoms with E-state index in [0.717, 1.165) is 17.8 Å². The molecule has 0 atom stereocenters. The molecule has 0 aliphatic heterocycles. The lowest BCUT2D eigenvalue weighted by atomic mass is 10.2. The molecule has 0 bridgehead atoms. The van der Waals surface area contributed by atoms with Crippen LogP contribution in [-0.2, 0) is 19.6 Å². The van der Waals surface area contributed by atoms with Gasteiger partial charge in [-0.2, -0.15) is 0 Å². The van der Waals surface area contributed by atoms with Crippen molar-refractivity contribution >= 4 is 22.4 Å². The number of benzene rings is 1. The molecule has 3 aromatic rings. The second-order valence-corrected chi connectivity index (χ2v) is 6.49. The van der Waals surface area contributed by atoms with Gasteiger partial charge in [0, 0.05) is 18.5 Å². The Kier molecular flexibility index (Phi) is 5.84. The molecule has 0 spiro atoms. The van der Waals surface area contributed by atoms with E-state index < -0.39 is 0 Å². The molecule has 0 aliphatic rings. The summed E-state index contributed by atoms with van der Waals surface area (Å²) in [5.74, 6) is 0.931. The van der Waals surface area contributed by atoms with Crippen molar-refractivity contribution in [2.24, 2.45) is 0 Å². The number of amides is 1. The monoisotopic (exact) mass is 373 g/mol. The molecule has 0 saturated heterocycles. The smallest absolute Gasteiger partial charge is 0.257 e. The number of hydrogen-bond acceptors (Lipinski definition) is 8. The van der Waals surface area contributed by atoms with Gasteiger partial charge >= 0.3 is 0 Å². The fourth-order valence-electron chi connectivity index (χ4n) is 2.24. The maximum atomic E-state index is 12.4. The standard InChI is InChI=1S/C16H19N7O2S/c1-3-6-14-19-20-16(26-14)17-15(24)11-7-5-8-12(9-11)25-10-13-18-21-22-23(13)4-2/h5,7-9H,3-4,6,10H2,1-2H3,(H,17,20,24). The van der Waals surface area contributed by atoms with Gasteiger partial charge in [0.15, 0.2) is 5.82 Å². The largest absolute Gasteiger partial charge is 0.486 e. The number of carbonyl (C=O) groups excluding carboxylic acids is 1. The van der Waals surface area contributed by atoms with Crippen molar-refractivity contribution in [1.82, 2.24) is 30.4 Å². The third-order valence-corrected chi connectivity index (χ3v) is 4.42. The summed E-state index contributed by atoms with van der Waals surface area (Å²) in [5, 5.41) is 23.6. The van der Waals surface area contributed by atoms with Crippen molar-refractivity contribution in [2.45, 2.75) is 39.8 Å². The molecule has 0 unspecified atom stereocenters. The number of anilines is 1. The number of aryl methyl sites for hydroxylation is 2. The number of carbonyl (C=O) groups is 1. The normalized spacial score (nSPS) is 10.7. The van der Waals surface area contributed by atoms with Crippen molar-refractivity contribution < 1.29 is 9.53 Å². The molecular formula is C16H19N7O2S. The van der Waals surface area contributed by atoms with Gasteiger partial charge in [0.25, 0.3) is 5.91 Å². The van der Waals surface area contributed by atoms with Crippen LogP contribution >= 0.6 is 11.3 Å². The first-order valence-corrected chi connectivity index (χ1v) is 9.13.